The maximum atomic E-state index is 6.06. The summed E-state index contributed by atoms with van der Waals surface area (Å²) in [6, 6.07) is 13.0. The molecule has 0 saturated carbocycles. The van der Waals surface area contributed by atoms with Crippen molar-refractivity contribution in [3.05, 3.63) is 53.1 Å². The smallest absolute Gasteiger partial charge is 0.119 e. The first-order valence-corrected chi connectivity index (χ1v) is 7.82. The Labute approximate surface area is 132 Å². The molecule has 1 unspecified atom stereocenters. The van der Waals surface area contributed by atoms with Crippen molar-refractivity contribution in [3.63, 3.8) is 0 Å². The van der Waals surface area contributed by atoms with Crippen molar-refractivity contribution in [2.24, 2.45) is 5.73 Å². The quantitative estimate of drug-likeness (QED) is 0.922. The highest BCUT2D eigenvalue weighted by Gasteiger charge is 2.28. The fourth-order valence-corrected chi connectivity index (χ4v) is 3.15. The van der Waals surface area contributed by atoms with Gasteiger partial charge in [-0.2, -0.15) is 0 Å². The molecule has 1 aliphatic rings. The Morgan fingerprint density at radius 2 is 1.73 bits per heavy atom. The van der Waals surface area contributed by atoms with Crippen LogP contribution in [-0.4, -0.2) is 38.7 Å². The second-order valence-corrected chi connectivity index (χ2v) is 6.28. The van der Waals surface area contributed by atoms with E-state index in [0.29, 0.717) is 13.2 Å². The van der Waals surface area contributed by atoms with Crippen LogP contribution in [0.3, 0.4) is 0 Å². The van der Waals surface area contributed by atoms with Gasteiger partial charge in [-0.15, -0.1) is 0 Å². The van der Waals surface area contributed by atoms with E-state index in [0.717, 1.165) is 12.3 Å². The first-order valence-electron chi connectivity index (χ1n) is 7.82. The summed E-state index contributed by atoms with van der Waals surface area (Å²) in [4.78, 5) is 2.12. The Balaban J connectivity index is 1.90. The van der Waals surface area contributed by atoms with E-state index in [2.05, 4.69) is 62.3 Å². The summed E-state index contributed by atoms with van der Waals surface area (Å²) in [5, 5.41) is 0. The number of nitrogens with zero attached hydrogens (tertiary/aromatic N) is 1. The average molecular weight is 296 g/mol. The molecule has 3 heteroatoms. The second kappa shape index (κ2) is 6.11. The van der Waals surface area contributed by atoms with Gasteiger partial charge in [-0.25, -0.2) is 0 Å². The summed E-state index contributed by atoms with van der Waals surface area (Å²) in [7, 11) is 4.10. The van der Waals surface area contributed by atoms with E-state index in [1.54, 1.807) is 0 Å². The maximum absolute atomic E-state index is 6.06. The zero-order chi connectivity index (χ0) is 15.7. The summed E-state index contributed by atoms with van der Waals surface area (Å²) in [5.41, 5.74) is 12.6. The number of nitrogens with two attached hydrogens (primary N) is 1. The molecule has 0 radical (unpaired) electrons. The van der Waals surface area contributed by atoms with Gasteiger partial charge in [-0.3, -0.25) is 0 Å². The molecule has 3 nitrogen and oxygen atoms in total. The first kappa shape index (κ1) is 15.1. The largest absolute Gasteiger partial charge is 0.492 e. The van der Waals surface area contributed by atoms with Crippen LogP contribution in [0, 0.1) is 6.92 Å². The molecule has 0 bridgehead atoms. The number of rotatable bonds is 5. The van der Waals surface area contributed by atoms with Crippen molar-refractivity contribution in [3.8, 4) is 16.9 Å². The Morgan fingerprint density at radius 3 is 2.41 bits per heavy atom. The Morgan fingerprint density at radius 1 is 1.05 bits per heavy atom. The Bertz CT molecular complexity index is 679. The summed E-state index contributed by atoms with van der Waals surface area (Å²) in [6.07, 6.45) is 0. The lowest BCUT2D eigenvalue weighted by molar-refractivity contribution is 0.261. The average Bonchev–Trinajstić information content (AvgIpc) is 2.78. The molecule has 0 heterocycles. The maximum Gasteiger partial charge on any atom is 0.119 e. The molecule has 0 aliphatic heterocycles. The van der Waals surface area contributed by atoms with E-state index >= 15 is 0 Å². The van der Waals surface area contributed by atoms with E-state index in [1.165, 1.54) is 27.8 Å². The molecule has 0 fully saturated rings. The van der Waals surface area contributed by atoms with Gasteiger partial charge >= 0.3 is 0 Å². The number of ether oxygens (including phenoxy) is 1. The first-order chi connectivity index (χ1) is 10.6. The lowest BCUT2D eigenvalue weighted by Crippen LogP contribution is -2.19. The van der Waals surface area contributed by atoms with E-state index in [1.807, 2.05) is 0 Å². The molecule has 1 atom stereocenters. The lowest BCUT2D eigenvalue weighted by atomic mass is 9.96. The standard InChI is InChI=1S/C19H24N2O/c1-13-4-6-15-16-7-5-14(22-9-8-21(2)3)11-18(16)19(12-20)17(15)10-13/h4-7,10-11,19H,8-9,12,20H2,1-3H3. The van der Waals surface area contributed by atoms with Crippen LogP contribution in [0.2, 0.25) is 0 Å². The highest BCUT2D eigenvalue weighted by Crippen LogP contribution is 2.45. The molecular formula is C19H24N2O. The number of hydrogen-bond donors (Lipinski definition) is 1. The van der Waals surface area contributed by atoms with Crippen molar-refractivity contribution in [2.75, 3.05) is 33.8 Å². The van der Waals surface area contributed by atoms with Gasteiger partial charge in [0.05, 0.1) is 0 Å². The van der Waals surface area contributed by atoms with Crippen LogP contribution in [0.4, 0.5) is 0 Å². The van der Waals surface area contributed by atoms with Gasteiger partial charge in [0.25, 0.3) is 0 Å². The third-order valence-corrected chi connectivity index (χ3v) is 4.31. The van der Waals surface area contributed by atoms with Crippen molar-refractivity contribution >= 4 is 0 Å². The lowest BCUT2D eigenvalue weighted by Gasteiger charge is -2.14. The van der Waals surface area contributed by atoms with Crippen molar-refractivity contribution in [2.45, 2.75) is 12.8 Å². The van der Waals surface area contributed by atoms with Gasteiger partial charge < -0.3 is 15.4 Å². The monoisotopic (exact) mass is 296 g/mol. The number of benzene rings is 2. The molecule has 0 spiro atoms. The SMILES string of the molecule is Cc1ccc2c(c1)C(CN)c1cc(OCCN(C)C)ccc1-2. The second-order valence-electron chi connectivity index (χ2n) is 6.28. The zero-order valence-corrected chi connectivity index (χ0v) is 13.6. The van der Waals surface area contributed by atoms with Gasteiger partial charge in [0.2, 0.25) is 0 Å². The van der Waals surface area contributed by atoms with Crippen LogP contribution in [0.1, 0.15) is 22.6 Å². The van der Waals surface area contributed by atoms with Gasteiger partial charge in [-0.05, 0) is 55.4 Å². The zero-order valence-electron chi connectivity index (χ0n) is 13.6. The third kappa shape index (κ3) is 2.74. The predicted octanol–water partition coefficient (Wildman–Crippen LogP) is 3.01. The summed E-state index contributed by atoms with van der Waals surface area (Å²) < 4.78 is 5.88. The van der Waals surface area contributed by atoms with Crippen molar-refractivity contribution in [1.82, 2.24) is 4.90 Å². The van der Waals surface area contributed by atoms with E-state index < -0.39 is 0 Å². The van der Waals surface area contributed by atoms with Crippen molar-refractivity contribution < 1.29 is 4.74 Å². The van der Waals surface area contributed by atoms with E-state index in [-0.39, 0.29) is 5.92 Å². The predicted molar refractivity (Wildman–Crippen MR) is 91.6 cm³/mol. The van der Waals surface area contributed by atoms with Crippen LogP contribution < -0.4 is 10.5 Å². The normalized spacial score (nSPS) is 15.8. The summed E-state index contributed by atoms with van der Waals surface area (Å²) in [6.45, 7) is 4.37. The minimum Gasteiger partial charge on any atom is -0.492 e. The molecule has 0 amide bonds. The molecule has 0 saturated heterocycles. The van der Waals surface area contributed by atoms with E-state index in [4.69, 9.17) is 10.5 Å². The minimum absolute atomic E-state index is 0.280. The molecule has 116 valence electrons. The van der Waals surface area contributed by atoms with Crippen LogP contribution in [-0.2, 0) is 0 Å². The van der Waals surface area contributed by atoms with Gasteiger partial charge in [0.1, 0.15) is 12.4 Å². The number of hydrogen-bond acceptors (Lipinski definition) is 3. The molecular weight excluding hydrogens is 272 g/mol. The Hall–Kier alpha value is -1.84. The van der Waals surface area contributed by atoms with Crippen molar-refractivity contribution in [1.29, 1.82) is 0 Å². The molecule has 0 aromatic heterocycles. The van der Waals surface area contributed by atoms with Gasteiger partial charge in [0.15, 0.2) is 0 Å². The third-order valence-electron chi connectivity index (χ3n) is 4.31. The van der Waals surface area contributed by atoms with Crippen LogP contribution in [0.25, 0.3) is 11.1 Å². The number of aryl methyl sites for hydroxylation is 1. The minimum atomic E-state index is 0.280. The molecule has 1 aliphatic carbocycles. The molecule has 2 aromatic rings. The van der Waals surface area contributed by atoms with Crippen LogP contribution in [0.15, 0.2) is 36.4 Å². The summed E-state index contributed by atoms with van der Waals surface area (Å²) in [5.74, 6) is 1.21. The molecule has 22 heavy (non-hydrogen) atoms. The fourth-order valence-electron chi connectivity index (χ4n) is 3.15. The highest BCUT2D eigenvalue weighted by atomic mass is 16.5. The molecule has 2 N–H and O–H groups in total. The van der Waals surface area contributed by atoms with E-state index in [9.17, 15) is 0 Å². The fraction of sp³-hybridized carbons (Fsp3) is 0.368. The van der Waals surface area contributed by atoms with Gasteiger partial charge in [0, 0.05) is 19.0 Å². The molecule has 2 aromatic carbocycles. The number of fused-ring (bicyclic) bond motifs is 3. The highest BCUT2D eigenvalue weighted by molar-refractivity contribution is 5.80. The topological polar surface area (TPSA) is 38.5 Å². The summed E-state index contributed by atoms with van der Waals surface area (Å²) >= 11 is 0. The van der Waals surface area contributed by atoms with Crippen LogP contribution >= 0.6 is 0 Å². The Kier molecular flexibility index (Phi) is 4.19. The molecule has 3 rings (SSSR count). The van der Waals surface area contributed by atoms with Crippen LogP contribution in [0.5, 0.6) is 5.75 Å². The number of likely N-dealkylation sites (N-methyl/N-ethyl adjacent to an activating group) is 1. The van der Waals surface area contributed by atoms with Gasteiger partial charge in [-0.1, -0.05) is 29.8 Å².